The molecule has 0 amide bonds. The van der Waals surface area contributed by atoms with Crippen molar-refractivity contribution in [1.82, 2.24) is 9.97 Å². The van der Waals surface area contributed by atoms with Crippen LogP contribution in [0.3, 0.4) is 0 Å². The molecule has 1 atom stereocenters. The van der Waals surface area contributed by atoms with Gasteiger partial charge in [0.2, 0.25) is 0 Å². The van der Waals surface area contributed by atoms with Gasteiger partial charge in [0.15, 0.2) is 5.79 Å². The summed E-state index contributed by atoms with van der Waals surface area (Å²) in [5.74, 6) is 1.65. The third-order valence-corrected chi connectivity index (χ3v) is 3.98. The molecule has 2 heterocycles. The van der Waals surface area contributed by atoms with Gasteiger partial charge in [-0.3, -0.25) is 0 Å². The van der Waals surface area contributed by atoms with Gasteiger partial charge in [-0.1, -0.05) is 11.6 Å². The Balaban J connectivity index is 1.67. The minimum Gasteiger partial charge on any atom is -0.367 e. The Kier molecular flexibility index (Phi) is 3.60. The van der Waals surface area contributed by atoms with Crippen LogP contribution in [0.2, 0.25) is 5.15 Å². The number of ether oxygens (including phenoxy) is 2. The van der Waals surface area contributed by atoms with E-state index in [1.54, 1.807) is 0 Å². The molecule has 1 saturated heterocycles. The van der Waals surface area contributed by atoms with Crippen LogP contribution in [0.5, 0.6) is 0 Å². The van der Waals surface area contributed by atoms with Gasteiger partial charge in [0.25, 0.3) is 0 Å². The molecule has 6 heteroatoms. The topological polar surface area (TPSA) is 56.3 Å². The standard InChI is InChI=1S/C14H20ClN3O2/c1-8-11(15)17-13(9-4-5-9)18-12(8)16-6-10-7-19-14(2,3)20-10/h9-10H,4-7H2,1-3H3,(H,16,17,18). The van der Waals surface area contributed by atoms with Crippen molar-refractivity contribution in [1.29, 1.82) is 0 Å². The lowest BCUT2D eigenvalue weighted by Crippen LogP contribution is -2.26. The average molecular weight is 298 g/mol. The van der Waals surface area contributed by atoms with Crippen molar-refractivity contribution >= 4 is 17.4 Å². The number of anilines is 1. The van der Waals surface area contributed by atoms with Crippen molar-refractivity contribution < 1.29 is 9.47 Å². The second-order valence-corrected chi connectivity index (χ2v) is 6.31. The van der Waals surface area contributed by atoms with Gasteiger partial charge in [0, 0.05) is 18.0 Å². The summed E-state index contributed by atoms with van der Waals surface area (Å²) in [5.41, 5.74) is 0.884. The van der Waals surface area contributed by atoms with Gasteiger partial charge in [-0.25, -0.2) is 9.97 Å². The number of aromatic nitrogens is 2. The van der Waals surface area contributed by atoms with Crippen LogP contribution < -0.4 is 5.32 Å². The van der Waals surface area contributed by atoms with Crippen LogP contribution in [-0.4, -0.2) is 35.0 Å². The zero-order chi connectivity index (χ0) is 14.3. The van der Waals surface area contributed by atoms with Gasteiger partial charge in [-0.15, -0.1) is 0 Å². The monoisotopic (exact) mass is 297 g/mol. The van der Waals surface area contributed by atoms with Gasteiger partial charge < -0.3 is 14.8 Å². The molecule has 1 aromatic heterocycles. The van der Waals surface area contributed by atoms with Gasteiger partial charge in [0.05, 0.1) is 6.61 Å². The Hall–Kier alpha value is -0.910. The van der Waals surface area contributed by atoms with Crippen molar-refractivity contribution in [2.45, 2.75) is 51.4 Å². The highest BCUT2D eigenvalue weighted by Gasteiger charge is 2.33. The highest BCUT2D eigenvalue weighted by atomic mass is 35.5. The molecular weight excluding hydrogens is 278 g/mol. The largest absolute Gasteiger partial charge is 0.367 e. The van der Waals surface area contributed by atoms with Crippen molar-refractivity contribution in [3.05, 3.63) is 16.5 Å². The number of rotatable bonds is 4. The molecule has 1 unspecified atom stereocenters. The number of nitrogens with one attached hydrogen (secondary N) is 1. The molecule has 3 rings (SSSR count). The molecule has 1 aromatic rings. The SMILES string of the molecule is Cc1c(Cl)nc(C2CC2)nc1NCC1COC(C)(C)O1. The highest BCUT2D eigenvalue weighted by Crippen LogP contribution is 2.39. The van der Waals surface area contributed by atoms with E-state index in [1.165, 1.54) is 0 Å². The molecule has 1 aliphatic carbocycles. The average Bonchev–Trinajstić information content (AvgIpc) is 3.16. The Labute approximate surface area is 124 Å². The smallest absolute Gasteiger partial charge is 0.163 e. The molecule has 2 fully saturated rings. The van der Waals surface area contributed by atoms with Gasteiger partial charge in [-0.2, -0.15) is 0 Å². The maximum atomic E-state index is 6.18. The number of halogens is 1. The van der Waals surface area contributed by atoms with E-state index in [2.05, 4.69) is 15.3 Å². The normalized spacial score (nSPS) is 24.9. The van der Waals surface area contributed by atoms with E-state index in [9.17, 15) is 0 Å². The summed E-state index contributed by atoms with van der Waals surface area (Å²) in [6.45, 7) is 7.02. The van der Waals surface area contributed by atoms with Crippen LogP contribution >= 0.6 is 11.6 Å². The molecule has 0 bridgehead atoms. The van der Waals surface area contributed by atoms with Crippen LogP contribution in [0.4, 0.5) is 5.82 Å². The maximum absolute atomic E-state index is 6.18. The second kappa shape index (κ2) is 5.13. The summed E-state index contributed by atoms with van der Waals surface area (Å²) < 4.78 is 11.3. The first-order valence-electron chi connectivity index (χ1n) is 7.04. The van der Waals surface area contributed by atoms with Crippen LogP contribution in [0.1, 0.15) is 44.0 Å². The number of hydrogen-bond acceptors (Lipinski definition) is 5. The minimum absolute atomic E-state index is 0.0301. The molecule has 0 spiro atoms. The highest BCUT2D eigenvalue weighted by molar-refractivity contribution is 6.30. The Morgan fingerprint density at radius 2 is 2.10 bits per heavy atom. The summed E-state index contributed by atoms with van der Waals surface area (Å²) >= 11 is 6.18. The zero-order valence-electron chi connectivity index (χ0n) is 12.1. The fourth-order valence-electron chi connectivity index (χ4n) is 2.28. The Morgan fingerprint density at radius 3 is 2.70 bits per heavy atom. The van der Waals surface area contributed by atoms with Crippen LogP contribution in [0, 0.1) is 6.92 Å². The van der Waals surface area contributed by atoms with Gasteiger partial charge in [-0.05, 0) is 33.6 Å². The predicted octanol–water partition coefficient (Wildman–Crippen LogP) is 2.88. The number of hydrogen-bond donors (Lipinski definition) is 1. The summed E-state index contributed by atoms with van der Waals surface area (Å²) in [6.07, 6.45) is 2.35. The summed E-state index contributed by atoms with van der Waals surface area (Å²) in [5, 5.41) is 3.85. The van der Waals surface area contributed by atoms with E-state index < -0.39 is 5.79 Å². The van der Waals surface area contributed by atoms with E-state index in [0.29, 0.717) is 24.2 Å². The molecule has 20 heavy (non-hydrogen) atoms. The molecule has 110 valence electrons. The van der Waals surface area contributed by atoms with Crippen LogP contribution in [-0.2, 0) is 9.47 Å². The van der Waals surface area contributed by atoms with Crippen molar-refractivity contribution in [3.63, 3.8) is 0 Å². The molecule has 1 aliphatic heterocycles. The first-order chi connectivity index (χ1) is 9.44. The molecule has 0 aromatic carbocycles. The van der Waals surface area contributed by atoms with E-state index in [4.69, 9.17) is 21.1 Å². The van der Waals surface area contributed by atoms with Crippen molar-refractivity contribution in [3.8, 4) is 0 Å². The fraction of sp³-hybridized carbons (Fsp3) is 0.714. The number of nitrogens with zero attached hydrogens (tertiary/aromatic N) is 2. The third-order valence-electron chi connectivity index (χ3n) is 3.61. The minimum atomic E-state index is -0.496. The second-order valence-electron chi connectivity index (χ2n) is 5.95. The molecule has 0 radical (unpaired) electrons. The first-order valence-corrected chi connectivity index (χ1v) is 7.42. The fourth-order valence-corrected chi connectivity index (χ4v) is 2.45. The molecule has 1 N–H and O–H groups in total. The first kappa shape index (κ1) is 14.0. The molecule has 5 nitrogen and oxygen atoms in total. The zero-order valence-corrected chi connectivity index (χ0v) is 12.8. The molecule has 2 aliphatic rings. The van der Waals surface area contributed by atoms with Crippen LogP contribution in [0.15, 0.2) is 0 Å². The van der Waals surface area contributed by atoms with Crippen LogP contribution in [0.25, 0.3) is 0 Å². The predicted molar refractivity (Wildman–Crippen MR) is 77.1 cm³/mol. The van der Waals surface area contributed by atoms with E-state index >= 15 is 0 Å². The van der Waals surface area contributed by atoms with Gasteiger partial charge >= 0.3 is 0 Å². The summed E-state index contributed by atoms with van der Waals surface area (Å²) in [6, 6.07) is 0. The molecule has 1 saturated carbocycles. The third kappa shape index (κ3) is 3.05. The lowest BCUT2D eigenvalue weighted by molar-refractivity contribution is -0.136. The van der Waals surface area contributed by atoms with E-state index in [1.807, 2.05) is 20.8 Å². The Morgan fingerprint density at radius 1 is 1.35 bits per heavy atom. The summed E-state index contributed by atoms with van der Waals surface area (Å²) in [4.78, 5) is 8.95. The summed E-state index contributed by atoms with van der Waals surface area (Å²) in [7, 11) is 0. The lowest BCUT2D eigenvalue weighted by atomic mass is 10.3. The quantitative estimate of drug-likeness (QED) is 0.866. The van der Waals surface area contributed by atoms with E-state index in [0.717, 1.165) is 30.0 Å². The van der Waals surface area contributed by atoms with Gasteiger partial charge in [0.1, 0.15) is 22.9 Å². The maximum Gasteiger partial charge on any atom is 0.163 e. The van der Waals surface area contributed by atoms with Crippen molar-refractivity contribution in [2.75, 3.05) is 18.5 Å². The van der Waals surface area contributed by atoms with E-state index in [-0.39, 0.29) is 6.10 Å². The molecular formula is C14H20ClN3O2. The lowest BCUT2D eigenvalue weighted by Gasteiger charge is -2.18. The van der Waals surface area contributed by atoms with Crippen molar-refractivity contribution in [2.24, 2.45) is 0 Å². The Bertz CT molecular complexity index is 517.